The maximum absolute atomic E-state index is 2.40. The Hall–Kier alpha value is -0.780. The standard InChI is InChI=1S/C15H22/c1-13-8-4-2-3-5-9-14-10-6-7-11-15(14)12-13/h6-7,10-11,13H,2-5,8-9,12H2,1H3. The molecule has 0 amide bonds. The highest BCUT2D eigenvalue weighted by Gasteiger charge is 2.09. The molecule has 1 atom stereocenters. The van der Waals surface area contributed by atoms with E-state index in [0.29, 0.717) is 0 Å². The summed E-state index contributed by atoms with van der Waals surface area (Å²) in [7, 11) is 0. The lowest BCUT2D eigenvalue weighted by molar-refractivity contribution is 0.475. The molecule has 0 N–H and O–H groups in total. The summed E-state index contributed by atoms with van der Waals surface area (Å²) in [6.45, 7) is 2.40. The second-order valence-corrected chi connectivity index (χ2v) is 5.03. The molecule has 15 heavy (non-hydrogen) atoms. The Morgan fingerprint density at radius 1 is 0.933 bits per heavy atom. The van der Waals surface area contributed by atoms with Crippen molar-refractivity contribution < 1.29 is 0 Å². The molecule has 0 nitrogen and oxygen atoms in total. The maximum atomic E-state index is 2.40. The van der Waals surface area contributed by atoms with Gasteiger partial charge in [-0.3, -0.25) is 0 Å². The molecule has 2 rings (SSSR count). The molecule has 0 aliphatic heterocycles. The summed E-state index contributed by atoms with van der Waals surface area (Å²) in [5, 5.41) is 0. The zero-order valence-electron chi connectivity index (χ0n) is 9.84. The average Bonchev–Trinajstić information content (AvgIpc) is 2.25. The first-order valence-corrected chi connectivity index (χ1v) is 6.43. The molecule has 0 saturated carbocycles. The van der Waals surface area contributed by atoms with Gasteiger partial charge >= 0.3 is 0 Å². The van der Waals surface area contributed by atoms with Gasteiger partial charge < -0.3 is 0 Å². The number of fused-ring (bicyclic) bond motifs is 1. The largest absolute Gasteiger partial charge is 0.0622 e. The minimum absolute atomic E-state index is 0.865. The van der Waals surface area contributed by atoms with Gasteiger partial charge in [-0.15, -0.1) is 0 Å². The SMILES string of the molecule is CC1CCCCCCc2ccccc2C1. The van der Waals surface area contributed by atoms with Crippen molar-refractivity contribution in [1.29, 1.82) is 0 Å². The van der Waals surface area contributed by atoms with Gasteiger partial charge in [-0.05, 0) is 36.3 Å². The van der Waals surface area contributed by atoms with Crippen molar-refractivity contribution in [1.82, 2.24) is 0 Å². The Bertz CT molecular complexity index is 301. The molecule has 0 spiro atoms. The Balaban J connectivity index is 2.15. The van der Waals surface area contributed by atoms with Crippen LogP contribution in [0, 0.1) is 5.92 Å². The first-order valence-electron chi connectivity index (χ1n) is 6.43. The van der Waals surface area contributed by atoms with Crippen molar-refractivity contribution in [2.75, 3.05) is 0 Å². The average molecular weight is 202 g/mol. The van der Waals surface area contributed by atoms with Gasteiger partial charge in [-0.25, -0.2) is 0 Å². The number of benzene rings is 1. The zero-order valence-corrected chi connectivity index (χ0v) is 9.84. The van der Waals surface area contributed by atoms with E-state index in [4.69, 9.17) is 0 Å². The highest BCUT2D eigenvalue weighted by molar-refractivity contribution is 5.27. The number of rotatable bonds is 0. The summed E-state index contributed by atoms with van der Waals surface area (Å²) >= 11 is 0. The number of hydrogen-bond donors (Lipinski definition) is 0. The second-order valence-electron chi connectivity index (χ2n) is 5.03. The molecule has 0 radical (unpaired) electrons. The van der Waals surface area contributed by atoms with Crippen LogP contribution in [0.4, 0.5) is 0 Å². The Labute approximate surface area is 93.7 Å². The molecule has 1 aliphatic rings. The number of aryl methyl sites for hydroxylation is 1. The van der Waals surface area contributed by atoms with Gasteiger partial charge in [-0.1, -0.05) is 56.9 Å². The molecule has 1 aromatic rings. The predicted octanol–water partition coefficient (Wildman–Crippen LogP) is 4.37. The minimum atomic E-state index is 0.865. The summed E-state index contributed by atoms with van der Waals surface area (Å²) in [6, 6.07) is 9.03. The number of hydrogen-bond acceptors (Lipinski definition) is 0. The molecule has 0 saturated heterocycles. The van der Waals surface area contributed by atoms with Crippen molar-refractivity contribution in [3.63, 3.8) is 0 Å². The summed E-state index contributed by atoms with van der Waals surface area (Å²) in [4.78, 5) is 0. The fraction of sp³-hybridized carbons (Fsp3) is 0.600. The van der Waals surface area contributed by atoms with Crippen LogP contribution in [0.15, 0.2) is 24.3 Å². The molecule has 1 unspecified atom stereocenters. The molecular weight excluding hydrogens is 180 g/mol. The smallest absolute Gasteiger partial charge is 0.0250 e. The lowest BCUT2D eigenvalue weighted by Gasteiger charge is -2.16. The van der Waals surface area contributed by atoms with Crippen LogP contribution in [0.2, 0.25) is 0 Å². The van der Waals surface area contributed by atoms with E-state index in [2.05, 4.69) is 31.2 Å². The summed E-state index contributed by atoms with van der Waals surface area (Å²) < 4.78 is 0. The van der Waals surface area contributed by atoms with Crippen LogP contribution < -0.4 is 0 Å². The molecule has 0 heteroatoms. The van der Waals surface area contributed by atoms with Crippen LogP contribution in [-0.2, 0) is 12.8 Å². The molecule has 1 aliphatic carbocycles. The van der Waals surface area contributed by atoms with Crippen LogP contribution in [0.5, 0.6) is 0 Å². The van der Waals surface area contributed by atoms with Gasteiger partial charge in [0.05, 0.1) is 0 Å². The van der Waals surface area contributed by atoms with Crippen molar-refractivity contribution in [3.8, 4) is 0 Å². The molecule has 0 aromatic heterocycles. The topological polar surface area (TPSA) is 0 Å². The summed E-state index contributed by atoms with van der Waals surface area (Å²) in [5.74, 6) is 0.865. The third-order valence-electron chi connectivity index (χ3n) is 3.58. The zero-order chi connectivity index (χ0) is 10.5. The molecular formula is C15H22. The lowest BCUT2D eigenvalue weighted by atomic mass is 9.89. The molecule has 0 fully saturated rings. The molecule has 0 bridgehead atoms. The van der Waals surface area contributed by atoms with E-state index in [0.717, 1.165) is 5.92 Å². The van der Waals surface area contributed by atoms with Gasteiger partial charge in [0.2, 0.25) is 0 Å². The van der Waals surface area contributed by atoms with Crippen molar-refractivity contribution in [2.24, 2.45) is 5.92 Å². The van der Waals surface area contributed by atoms with Crippen molar-refractivity contribution in [3.05, 3.63) is 35.4 Å². The Morgan fingerprint density at radius 3 is 2.53 bits per heavy atom. The van der Waals surface area contributed by atoms with Crippen LogP contribution in [0.25, 0.3) is 0 Å². The first kappa shape index (κ1) is 10.7. The predicted molar refractivity (Wildman–Crippen MR) is 66.1 cm³/mol. The van der Waals surface area contributed by atoms with E-state index in [1.165, 1.54) is 44.9 Å². The molecule has 0 heterocycles. The Kier molecular flexibility index (Phi) is 3.82. The molecule has 82 valence electrons. The van der Waals surface area contributed by atoms with E-state index in [9.17, 15) is 0 Å². The fourth-order valence-electron chi connectivity index (χ4n) is 2.64. The van der Waals surface area contributed by atoms with Crippen LogP contribution in [-0.4, -0.2) is 0 Å². The third-order valence-corrected chi connectivity index (χ3v) is 3.58. The quantitative estimate of drug-likeness (QED) is 0.586. The van der Waals surface area contributed by atoms with Gasteiger partial charge in [-0.2, -0.15) is 0 Å². The fourth-order valence-corrected chi connectivity index (χ4v) is 2.64. The highest BCUT2D eigenvalue weighted by atomic mass is 14.1. The van der Waals surface area contributed by atoms with Crippen molar-refractivity contribution in [2.45, 2.75) is 51.9 Å². The van der Waals surface area contributed by atoms with Gasteiger partial charge in [0.1, 0.15) is 0 Å². The highest BCUT2D eigenvalue weighted by Crippen LogP contribution is 2.22. The van der Waals surface area contributed by atoms with Crippen LogP contribution in [0.1, 0.15) is 50.2 Å². The van der Waals surface area contributed by atoms with Gasteiger partial charge in [0, 0.05) is 0 Å². The molecule has 1 aromatic carbocycles. The van der Waals surface area contributed by atoms with Gasteiger partial charge in [0.15, 0.2) is 0 Å². The third kappa shape index (κ3) is 3.09. The van der Waals surface area contributed by atoms with Crippen molar-refractivity contribution >= 4 is 0 Å². The van der Waals surface area contributed by atoms with Crippen LogP contribution in [0.3, 0.4) is 0 Å². The summed E-state index contributed by atoms with van der Waals surface area (Å²) in [6.07, 6.45) is 9.66. The minimum Gasteiger partial charge on any atom is -0.0622 e. The van der Waals surface area contributed by atoms with Crippen LogP contribution >= 0.6 is 0 Å². The lowest BCUT2D eigenvalue weighted by Crippen LogP contribution is -2.05. The second kappa shape index (κ2) is 5.34. The first-order chi connectivity index (χ1) is 7.36. The monoisotopic (exact) mass is 202 g/mol. The normalized spacial score (nSPS) is 23.1. The van der Waals surface area contributed by atoms with E-state index in [1.54, 1.807) is 11.1 Å². The summed E-state index contributed by atoms with van der Waals surface area (Å²) in [5.41, 5.74) is 3.21. The Morgan fingerprint density at radius 2 is 1.67 bits per heavy atom. The van der Waals surface area contributed by atoms with E-state index < -0.39 is 0 Å². The maximum Gasteiger partial charge on any atom is -0.0250 e. The van der Waals surface area contributed by atoms with E-state index in [-0.39, 0.29) is 0 Å². The van der Waals surface area contributed by atoms with Gasteiger partial charge in [0.25, 0.3) is 0 Å². The van der Waals surface area contributed by atoms with E-state index >= 15 is 0 Å². The van der Waals surface area contributed by atoms with E-state index in [1.807, 2.05) is 0 Å².